The first-order valence-corrected chi connectivity index (χ1v) is 8.56. The summed E-state index contributed by atoms with van der Waals surface area (Å²) in [4.78, 5) is 14.6. The Kier molecular flexibility index (Phi) is 5.43. The minimum Gasteiger partial charge on any atom is -0.333 e. The predicted octanol–water partition coefficient (Wildman–Crippen LogP) is 3.63. The highest BCUT2D eigenvalue weighted by Gasteiger charge is 2.29. The maximum atomic E-state index is 13.9. The summed E-state index contributed by atoms with van der Waals surface area (Å²) >= 11 is 0. The molecular formula is C20H22F2N2O. The van der Waals surface area contributed by atoms with Crippen LogP contribution in [-0.2, 0) is 4.79 Å². The molecule has 2 aromatic rings. The first-order chi connectivity index (χ1) is 12.1. The van der Waals surface area contributed by atoms with E-state index in [1.54, 1.807) is 29.2 Å². The summed E-state index contributed by atoms with van der Waals surface area (Å²) in [6.07, 6.45) is 0.229. The summed E-state index contributed by atoms with van der Waals surface area (Å²) in [6.45, 7) is 3.70. The molecule has 0 bridgehead atoms. The number of hydrogen-bond acceptors (Lipinski definition) is 2. The molecule has 5 heteroatoms. The summed E-state index contributed by atoms with van der Waals surface area (Å²) < 4.78 is 27.5. The molecule has 2 unspecified atom stereocenters. The maximum absolute atomic E-state index is 13.9. The van der Waals surface area contributed by atoms with Crippen molar-refractivity contribution < 1.29 is 13.6 Å². The highest BCUT2D eigenvalue weighted by molar-refractivity contribution is 5.78. The van der Waals surface area contributed by atoms with Crippen molar-refractivity contribution in [2.75, 3.05) is 19.6 Å². The lowest BCUT2D eigenvalue weighted by atomic mass is 9.95. The van der Waals surface area contributed by atoms with Crippen molar-refractivity contribution in [3.05, 3.63) is 71.3 Å². The van der Waals surface area contributed by atoms with Crippen LogP contribution in [0.15, 0.2) is 48.5 Å². The van der Waals surface area contributed by atoms with Gasteiger partial charge in [-0.25, -0.2) is 8.78 Å². The van der Waals surface area contributed by atoms with Crippen LogP contribution in [0.25, 0.3) is 0 Å². The van der Waals surface area contributed by atoms with Gasteiger partial charge >= 0.3 is 0 Å². The van der Waals surface area contributed by atoms with Crippen molar-refractivity contribution in [1.82, 2.24) is 10.2 Å². The van der Waals surface area contributed by atoms with Crippen LogP contribution < -0.4 is 5.32 Å². The molecule has 2 aromatic carbocycles. The first-order valence-electron chi connectivity index (χ1n) is 8.56. The van der Waals surface area contributed by atoms with Crippen LogP contribution in [0.3, 0.4) is 0 Å². The molecular weight excluding hydrogens is 322 g/mol. The Morgan fingerprint density at radius 2 is 2.04 bits per heavy atom. The molecule has 1 aliphatic heterocycles. The fourth-order valence-electron chi connectivity index (χ4n) is 3.38. The van der Waals surface area contributed by atoms with Gasteiger partial charge in [-0.05, 0) is 35.2 Å². The number of halogens is 2. The van der Waals surface area contributed by atoms with Gasteiger partial charge in [0.15, 0.2) is 0 Å². The average molecular weight is 344 g/mol. The van der Waals surface area contributed by atoms with Crippen molar-refractivity contribution in [3.63, 3.8) is 0 Å². The molecule has 2 atom stereocenters. The molecule has 25 heavy (non-hydrogen) atoms. The van der Waals surface area contributed by atoms with Crippen LogP contribution in [0, 0.1) is 11.6 Å². The van der Waals surface area contributed by atoms with Crippen LogP contribution in [0.1, 0.15) is 36.4 Å². The van der Waals surface area contributed by atoms with Crippen LogP contribution in [0.2, 0.25) is 0 Å². The fourth-order valence-corrected chi connectivity index (χ4v) is 3.38. The van der Waals surface area contributed by atoms with Crippen LogP contribution >= 0.6 is 0 Å². The predicted molar refractivity (Wildman–Crippen MR) is 93.2 cm³/mol. The third-order valence-electron chi connectivity index (χ3n) is 4.71. The number of carbonyl (C=O) groups is 1. The number of carbonyl (C=O) groups excluding carboxylic acids is 1. The summed E-state index contributed by atoms with van der Waals surface area (Å²) in [5.41, 5.74) is 1.33. The lowest BCUT2D eigenvalue weighted by molar-refractivity contribution is -0.134. The summed E-state index contributed by atoms with van der Waals surface area (Å²) in [7, 11) is 0. The number of benzene rings is 2. The van der Waals surface area contributed by atoms with Gasteiger partial charge in [0.1, 0.15) is 11.6 Å². The Labute approximate surface area is 146 Å². The average Bonchev–Trinajstić information content (AvgIpc) is 2.62. The molecule has 1 amide bonds. The molecule has 3 rings (SSSR count). The van der Waals surface area contributed by atoms with Crippen LogP contribution in [0.5, 0.6) is 0 Å². The third kappa shape index (κ3) is 4.04. The van der Waals surface area contributed by atoms with Gasteiger partial charge in [-0.2, -0.15) is 0 Å². The van der Waals surface area contributed by atoms with E-state index < -0.39 is 0 Å². The second kappa shape index (κ2) is 7.74. The monoisotopic (exact) mass is 344 g/mol. The number of nitrogens with one attached hydrogen (secondary N) is 1. The third-order valence-corrected chi connectivity index (χ3v) is 4.71. The SMILES string of the molecule is CC(CC(=O)N1CCNCC1c1cccc(F)c1)c1ccccc1F. The van der Waals surface area contributed by atoms with Crippen molar-refractivity contribution in [1.29, 1.82) is 0 Å². The van der Waals surface area contributed by atoms with Crippen LogP contribution in [-0.4, -0.2) is 30.4 Å². The molecule has 0 aromatic heterocycles. The van der Waals surface area contributed by atoms with E-state index in [1.807, 2.05) is 13.0 Å². The minimum atomic E-state index is -0.310. The number of piperazine rings is 1. The molecule has 0 spiro atoms. The van der Waals surface area contributed by atoms with Gasteiger partial charge in [0.05, 0.1) is 6.04 Å². The fraction of sp³-hybridized carbons (Fsp3) is 0.350. The van der Waals surface area contributed by atoms with Gasteiger partial charge in [-0.1, -0.05) is 37.3 Å². The van der Waals surface area contributed by atoms with Crippen molar-refractivity contribution in [3.8, 4) is 0 Å². The quantitative estimate of drug-likeness (QED) is 0.919. The molecule has 1 N–H and O–H groups in total. The van der Waals surface area contributed by atoms with E-state index >= 15 is 0 Å². The summed E-state index contributed by atoms with van der Waals surface area (Å²) in [6, 6.07) is 12.7. The number of amides is 1. The zero-order valence-corrected chi connectivity index (χ0v) is 14.2. The molecule has 0 radical (unpaired) electrons. The molecule has 132 valence electrons. The number of nitrogens with zero attached hydrogens (tertiary/aromatic N) is 1. The Balaban J connectivity index is 1.76. The second-order valence-corrected chi connectivity index (χ2v) is 6.49. The Bertz CT molecular complexity index is 750. The van der Waals surface area contributed by atoms with Crippen molar-refractivity contribution >= 4 is 5.91 Å². The van der Waals surface area contributed by atoms with E-state index in [2.05, 4.69) is 5.32 Å². The highest BCUT2D eigenvalue weighted by atomic mass is 19.1. The maximum Gasteiger partial charge on any atom is 0.223 e. The highest BCUT2D eigenvalue weighted by Crippen LogP contribution is 2.27. The van der Waals surface area contributed by atoms with E-state index in [0.29, 0.717) is 25.2 Å². The standard InChI is InChI=1S/C20H22F2N2O/c1-14(17-7-2-3-8-18(17)22)11-20(25)24-10-9-23-13-19(24)15-5-4-6-16(21)12-15/h2-8,12,14,19,23H,9-11,13H2,1H3. The van der Waals surface area contributed by atoms with Crippen molar-refractivity contribution in [2.24, 2.45) is 0 Å². The van der Waals surface area contributed by atoms with Gasteiger partial charge in [0.2, 0.25) is 5.91 Å². The normalized spacial score (nSPS) is 18.8. The van der Waals surface area contributed by atoms with Crippen LogP contribution in [0.4, 0.5) is 8.78 Å². The lowest BCUT2D eigenvalue weighted by Crippen LogP contribution is -2.48. The van der Waals surface area contributed by atoms with Gasteiger partial charge in [0, 0.05) is 26.1 Å². The Morgan fingerprint density at radius 1 is 1.24 bits per heavy atom. The Hall–Kier alpha value is -2.27. The lowest BCUT2D eigenvalue weighted by Gasteiger charge is -2.37. The van der Waals surface area contributed by atoms with E-state index in [0.717, 1.165) is 5.56 Å². The van der Waals surface area contributed by atoms with Gasteiger partial charge in [-0.3, -0.25) is 4.79 Å². The topological polar surface area (TPSA) is 32.3 Å². The van der Waals surface area contributed by atoms with Gasteiger partial charge < -0.3 is 10.2 Å². The van der Waals surface area contributed by atoms with Crippen molar-refractivity contribution in [2.45, 2.75) is 25.3 Å². The van der Waals surface area contributed by atoms with Gasteiger partial charge in [0.25, 0.3) is 0 Å². The molecule has 1 fully saturated rings. The van der Waals surface area contributed by atoms with E-state index in [4.69, 9.17) is 0 Å². The van der Waals surface area contributed by atoms with E-state index in [1.165, 1.54) is 18.2 Å². The molecule has 0 aliphatic carbocycles. The summed E-state index contributed by atoms with van der Waals surface area (Å²) in [5.74, 6) is -0.844. The molecule has 1 saturated heterocycles. The molecule has 1 heterocycles. The smallest absolute Gasteiger partial charge is 0.223 e. The first kappa shape index (κ1) is 17.5. The molecule has 0 saturated carbocycles. The zero-order valence-electron chi connectivity index (χ0n) is 14.2. The van der Waals surface area contributed by atoms with Gasteiger partial charge in [-0.15, -0.1) is 0 Å². The summed E-state index contributed by atoms with van der Waals surface area (Å²) in [5, 5.41) is 3.26. The van der Waals surface area contributed by atoms with E-state index in [9.17, 15) is 13.6 Å². The Morgan fingerprint density at radius 3 is 2.80 bits per heavy atom. The minimum absolute atomic E-state index is 0.0356. The molecule has 3 nitrogen and oxygen atoms in total. The van der Waals surface area contributed by atoms with E-state index in [-0.39, 0.29) is 35.9 Å². The number of rotatable bonds is 4. The molecule has 1 aliphatic rings. The zero-order chi connectivity index (χ0) is 17.8. The largest absolute Gasteiger partial charge is 0.333 e. The number of hydrogen-bond donors (Lipinski definition) is 1. The second-order valence-electron chi connectivity index (χ2n) is 6.49.